The maximum atomic E-state index is 5.94. The van der Waals surface area contributed by atoms with Crippen LogP contribution in [-0.4, -0.2) is 4.98 Å². The first kappa shape index (κ1) is 13.9. The predicted octanol–water partition coefficient (Wildman–Crippen LogP) is 5.04. The highest BCUT2D eigenvalue weighted by Crippen LogP contribution is 2.28. The molecule has 0 bridgehead atoms. The number of hydrogen-bond donors (Lipinski definition) is 0. The van der Waals surface area contributed by atoms with E-state index < -0.39 is 0 Å². The molecule has 0 saturated heterocycles. The van der Waals surface area contributed by atoms with Crippen LogP contribution in [0.2, 0.25) is 0 Å². The molecule has 0 N–H and O–H groups in total. The largest absolute Gasteiger partial charge is 0.457 e. The molecule has 3 heteroatoms. The summed E-state index contributed by atoms with van der Waals surface area (Å²) in [5, 5.41) is 0. The Morgan fingerprint density at radius 1 is 1.21 bits per heavy atom. The van der Waals surface area contributed by atoms with Crippen molar-refractivity contribution in [3.8, 4) is 11.5 Å². The highest BCUT2D eigenvalue weighted by atomic mass is 35.5. The molecule has 2 nitrogen and oxygen atoms in total. The number of nitrogens with zero attached hydrogens (tertiary/aromatic N) is 1. The molecule has 1 heterocycles. The maximum absolute atomic E-state index is 5.94. The normalized spacial score (nSPS) is 10.8. The molecule has 100 valence electrons. The quantitative estimate of drug-likeness (QED) is 0.729. The molecule has 0 radical (unpaired) electrons. The molecule has 0 unspecified atom stereocenters. The van der Waals surface area contributed by atoms with Crippen LogP contribution in [-0.2, 0) is 5.88 Å². The molecule has 0 aliphatic heterocycles. The first-order chi connectivity index (χ1) is 9.10. The lowest BCUT2D eigenvalue weighted by atomic mass is 10.0. The summed E-state index contributed by atoms with van der Waals surface area (Å²) < 4.78 is 5.94. The highest BCUT2D eigenvalue weighted by molar-refractivity contribution is 6.16. The van der Waals surface area contributed by atoms with Crippen LogP contribution >= 0.6 is 11.6 Å². The van der Waals surface area contributed by atoms with Crippen molar-refractivity contribution in [2.24, 2.45) is 0 Å². The van der Waals surface area contributed by atoms with Crippen LogP contribution < -0.4 is 4.74 Å². The van der Waals surface area contributed by atoms with Crippen LogP contribution in [0.15, 0.2) is 36.5 Å². The molecular weight excluding hydrogens is 258 g/mol. The number of rotatable bonds is 4. The summed E-state index contributed by atoms with van der Waals surface area (Å²) >= 11 is 5.78. The van der Waals surface area contributed by atoms with E-state index in [1.165, 1.54) is 5.56 Å². The van der Waals surface area contributed by atoms with Gasteiger partial charge >= 0.3 is 0 Å². The van der Waals surface area contributed by atoms with Gasteiger partial charge in [-0.25, -0.2) is 0 Å². The minimum absolute atomic E-state index is 0.391. The second kappa shape index (κ2) is 6.07. The van der Waals surface area contributed by atoms with Crippen LogP contribution in [0.4, 0.5) is 0 Å². The average molecular weight is 276 g/mol. The Kier molecular flexibility index (Phi) is 4.43. The van der Waals surface area contributed by atoms with Gasteiger partial charge < -0.3 is 4.74 Å². The number of aromatic nitrogens is 1. The van der Waals surface area contributed by atoms with E-state index in [1.807, 2.05) is 19.1 Å². The third-order valence-electron chi connectivity index (χ3n) is 3.03. The van der Waals surface area contributed by atoms with Gasteiger partial charge in [-0.3, -0.25) is 4.98 Å². The topological polar surface area (TPSA) is 22.1 Å². The van der Waals surface area contributed by atoms with Gasteiger partial charge in [-0.2, -0.15) is 0 Å². The first-order valence-electron chi connectivity index (χ1n) is 6.39. The smallest absolute Gasteiger partial charge is 0.130 e. The summed E-state index contributed by atoms with van der Waals surface area (Å²) in [5.41, 5.74) is 3.21. The fourth-order valence-electron chi connectivity index (χ4n) is 1.81. The van der Waals surface area contributed by atoms with Crippen molar-refractivity contribution in [1.82, 2.24) is 4.98 Å². The fourth-order valence-corrected chi connectivity index (χ4v) is 1.95. The van der Waals surface area contributed by atoms with E-state index in [-0.39, 0.29) is 0 Å². The zero-order chi connectivity index (χ0) is 13.8. The van der Waals surface area contributed by atoms with Crippen LogP contribution in [0, 0.1) is 6.92 Å². The summed E-state index contributed by atoms with van der Waals surface area (Å²) in [6.45, 7) is 6.39. The molecule has 1 aromatic carbocycles. The van der Waals surface area contributed by atoms with E-state index in [0.29, 0.717) is 11.8 Å². The predicted molar refractivity (Wildman–Crippen MR) is 79.1 cm³/mol. The molecule has 0 atom stereocenters. The zero-order valence-corrected chi connectivity index (χ0v) is 12.2. The van der Waals surface area contributed by atoms with Gasteiger partial charge in [0.05, 0.1) is 11.6 Å². The van der Waals surface area contributed by atoms with E-state index in [1.54, 1.807) is 6.20 Å². The Bertz CT molecular complexity index is 566. The van der Waals surface area contributed by atoms with Crippen molar-refractivity contribution in [3.05, 3.63) is 53.3 Å². The molecule has 0 spiro atoms. The van der Waals surface area contributed by atoms with Gasteiger partial charge in [0.1, 0.15) is 11.5 Å². The summed E-state index contributed by atoms with van der Waals surface area (Å²) in [6, 6.07) is 10.0. The summed E-state index contributed by atoms with van der Waals surface area (Å²) in [7, 11) is 0. The van der Waals surface area contributed by atoms with Gasteiger partial charge in [0, 0.05) is 12.3 Å². The van der Waals surface area contributed by atoms with Crippen LogP contribution in [0.1, 0.15) is 36.6 Å². The lowest BCUT2D eigenvalue weighted by molar-refractivity contribution is 0.476. The van der Waals surface area contributed by atoms with Crippen LogP contribution in [0.3, 0.4) is 0 Å². The lowest BCUT2D eigenvalue weighted by Gasteiger charge is -2.12. The monoisotopic (exact) mass is 275 g/mol. The van der Waals surface area contributed by atoms with Gasteiger partial charge in [0.25, 0.3) is 0 Å². The molecule has 2 aromatic rings. The molecule has 2 rings (SSSR count). The van der Waals surface area contributed by atoms with Crippen molar-refractivity contribution in [1.29, 1.82) is 0 Å². The summed E-state index contributed by atoms with van der Waals surface area (Å²) in [4.78, 5) is 4.16. The van der Waals surface area contributed by atoms with E-state index in [2.05, 4.69) is 37.0 Å². The Hall–Kier alpha value is -1.54. The average Bonchev–Trinajstić information content (AvgIpc) is 2.41. The number of ether oxygens (including phenoxy) is 1. The zero-order valence-electron chi connectivity index (χ0n) is 11.5. The van der Waals surface area contributed by atoms with E-state index in [9.17, 15) is 0 Å². The SMILES string of the molecule is Cc1ccc(C(C)C)cc1Oc1ccnc(CCl)c1. The Balaban J connectivity index is 2.29. The van der Waals surface area contributed by atoms with Crippen molar-refractivity contribution in [3.63, 3.8) is 0 Å². The third kappa shape index (κ3) is 3.48. The number of benzene rings is 1. The van der Waals surface area contributed by atoms with Crippen molar-refractivity contribution in [2.75, 3.05) is 0 Å². The fraction of sp³-hybridized carbons (Fsp3) is 0.312. The minimum atomic E-state index is 0.391. The Morgan fingerprint density at radius 2 is 2.00 bits per heavy atom. The molecule has 0 aliphatic rings. The maximum Gasteiger partial charge on any atom is 0.130 e. The Morgan fingerprint density at radius 3 is 2.68 bits per heavy atom. The van der Waals surface area contributed by atoms with E-state index >= 15 is 0 Å². The molecule has 0 saturated carbocycles. The van der Waals surface area contributed by atoms with Crippen molar-refractivity contribution >= 4 is 11.6 Å². The molecule has 0 aliphatic carbocycles. The Labute approximate surface area is 119 Å². The van der Waals surface area contributed by atoms with Gasteiger partial charge in [0.15, 0.2) is 0 Å². The number of aryl methyl sites for hydroxylation is 1. The van der Waals surface area contributed by atoms with Crippen LogP contribution in [0.25, 0.3) is 0 Å². The molecule has 1 aromatic heterocycles. The number of alkyl halides is 1. The van der Waals surface area contributed by atoms with Crippen LogP contribution in [0.5, 0.6) is 11.5 Å². The van der Waals surface area contributed by atoms with Crippen molar-refractivity contribution < 1.29 is 4.74 Å². The number of pyridine rings is 1. The molecular formula is C16H18ClNO. The van der Waals surface area contributed by atoms with Gasteiger partial charge in [-0.15, -0.1) is 11.6 Å². The summed E-state index contributed by atoms with van der Waals surface area (Å²) in [6.07, 6.45) is 1.72. The first-order valence-corrected chi connectivity index (χ1v) is 6.93. The van der Waals surface area contributed by atoms with Gasteiger partial charge in [-0.05, 0) is 36.1 Å². The standard InChI is InChI=1S/C16H18ClNO/c1-11(2)13-5-4-12(3)16(8-13)19-15-6-7-18-14(9-15)10-17/h4-9,11H,10H2,1-3H3. The van der Waals surface area contributed by atoms with Gasteiger partial charge in [0.2, 0.25) is 0 Å². The number of hydrogen-bond acceptors (Lipinski definition) is 2. The molecule has 0 fully saturated rings. The molecule has 19 heavy (non-hydrogen) atoms. The van der Waals surface area contributed by atoms with Crippen molar-refractivity contribution in [2.45, 2.75) is 32.6 Å². The summed E-state index contributed by atoms with van der Waals surface area (Å²) in [5.74, 6) is 2.54. The minimum Gasteiger partial charge on any atom is -0.457 e. The number of halogens is 1. The van der Waals surface area contributed by atoms with E-state index in [4.69, 9.17) is 16.3 Å². The molecule has 0 amide bonds. The second-order valence-electron chi connectivity index (χ2n) is 4.90. The second-order valence-corrected chi connectivity index (χ2v) is 5.17. The lowest BCUT2D eigenvalue weighted by Crippen LogP contribution is -1.93. The van der Waals surface area contributed by atoms with Gasteiger partial charge in [-0.1, -0.05) is 26.0 Å². The third-order valence-corrected chi connectivity index (χ3v) is 3.31. The van der Waals surface area contributed by atoms with E-state index in [0.717, 1.165) is 22.8 Å². The highest BCUT2D eigenvalue weighted by Gasteiger charge is 2.06.